The number of hydrogen-bond acceptors (Lipinski definition) is 5. The maximum Gasteiger partial charge on any atom is 0.270 e. The number of rotatable bonds is 3. The number of sulfonamides is 1. The molecule has 1 N–H and O–H groups in total. The monoisotopic (exact) mass is 334 g/mol. The molecule has 0 saturated carbocycles. The molecule has 0 spiro atoms. The second-order valence-electron chi connectivity index (χ2n) is 4.78. The van der Waals surface area contributed by atoms with Crippen LogP contribution in [0.4, 0.5) is 4.39 Å². The van der Waals surface area contributed by atoms with Crippen LogP contribution in [0.5, 0.6) is 0 Å². The normalized spacial score (nSPS) is 11.6. The average molecular weight is 334 g/mol. The Hall–Kier alpha value is -2.81. The Labute approximate surface area is 130 Å². The maximum atomic E-state index is 12.9. The number of carbonyl (C=O) groups is 1. The van der Waals surface area contributed by atoms with E-state index in [0.29, 0.717) is 5.69 Å². The first-order chi connectivity index (χ1) is 10.9. The summed E-state index contributed by atoms with van der Waals surface area (Å²) in [6.07, 6.45) is 2.85. The molecule has 0 saturated heterocycles. The SMILES string of the molecule is Cc1ccn2ncc(C(=O)NS(=O)(=O)c3ccc(F)cc3)c2n1. The van der Waals surface area contributed by atoms with Gasteiger partial charge in [0.2, 0.25) is 0 Å². The Balaban J connectivity index is 1.94. The molecule has 23 heavy (non-hydrogen) atoms. The van der Waals surface area contributed by atoms with Crippen molar-refractivity contribution in [3.8, 4) is 0 Å². The number of carbonyl (C=O) groups excluding carboxylic acids is 1. The molecule has 7 nitrogen and oxygen atoms in total. The summed E-state index contributed by atoms with van der Waals surface area (Å²) in [5.74, 6) is -1.43. The van der Waals surface area contributed by atoms with Gasteiger partial charge >= 0.3 is 0 Å². The van der Waals surface area contributed by atoms with Crippen LogP contribution in [0.1, 0.15) is 16.1 Å². The summed E-state index contributed by atoms with van der Waals surface area (Å²) in [6, 6.07) is 5.85. The third kappa shape index (κ3) is 2.90. The van der Waals surface area contributed by atoms with Crippen molar-refractivity contribution in [1.29, 1.82) is 0 Å². The van der Waals surface area contributed by atoms with E-state index in [1.807, 2.05) is 4.72 Å². The summed E-state index contributed by atoms with van der Waals surface area (Å²) in [7, 11) is -4.11. The van der Waals surface area contributed by atoms with Crippen LogP contribution in [0.25, 0.3) is 5.65 Å². The zero-order valence-corrected chi connectivity index (χ0v) is 12.7. The van der Waals surface area contributed by atoms with Gasteiger partial charge in [0.25, 0.3) is 15.9 Å². The second kappa shape index (κ2) is 5.43. The molecular formula is C14H11FN4O3S. The number of fused-ring (bicyclic) bond motifs is 1. The molecule has 0 unspecified atom stereocenters. The fraction of sp³-hybridized carbons (Fsp3) is 0.0714. The van der Waals surface area contributed by atoms with E-state index in [1.54, 1.807) is 19.2 Å². The lowest BCUT2D eigenvalue weighted by Gasteiger charge is -2.06. The van der Waals surface area contributed by atoms with Gasteiger partial charge in [0, 0.05) is 11.9 Å². The minimum absolute atomic E-state index is 0.0272. The molecule has 3 aromatic rings. The molecule has 0 bridgehead atoms. The number of hydrogen-bond donors (Lipinski definition) is 1. The number of nitrogens with zero attached hydrogens (tertiary/aromatic N) is 3. The number of aromatic nitrogens is 3. The fourth-order valence-electron chi connectivity index (χ4n) is 1.97. The summed E-state index contributed by atoms with van der Waals surface area (Å²) in [4.78, 5) is 16.2. The highest BCUT2D eigenvalue weighted by Crippen LogP contribution is 2.13. The Morgan fingerprint density at radius 1 is 1.22 bits per heavy atom. The highest BCUT2D eigenvalue weighted by Gasteiger charge is 2.22. The molecule has 0 aliphatic heterocycles. The first-order valence-corrected chi connectivity index (χ1v) is 7.99. The van der Waals surface area contributed by atoms with Crippen molar-refractivity contribution in [2.45, 2.75) is 11.8 Å². The summed E-state index contributed by atoms with van der Waals surface area (Å²) < 4.78 is 40.5. The van der Waals surface area contributed by atoms with Crippen molar-refractivity contribution in [3.05, 3.63) is 59.8 Å². The average Bonchev–Trinajstić information content (AvgIpc) is 2.90. The van der Waals surface area contributed by atoms with Crippen molar-refractivity contribution >= 4 is 21.6 Å². The molecule has 2 aromatic heterocycles. The van der Waals surface area contributed by atoms with E-state index in [2.05, 4.69) is 10.1 Å². The van der Waals surface area contributed by atoms with E-state index >= 15 is 0 Å². The van der Waals surface area contributed by atoms with Gasteiger partial charge in [0.1, 0.15) is 11.4 Å². The molecule has 1 aromatic carbocycles. The van der Waals surface area contributed by atoms with Gasteiger partial charge in [-0.2, -0.15) is 5.10 Å². The molecule has 0 radical (unpaired) electrons. The minimum atomic E-state index is -4.11. The Kier molecular flexibility index (Phi) is 3.57. The van der Waals surface area contributed by atoms with Gasteiger partial charge in [-0.3, -0.25) is 4.79 Å². The Bertz CT molecular complexity index is 997. The predicted octanol–water partition coefficient (Wildman–Crippen LogP) is 1.30. The van der Waals surface area contributed by atoms with Crippen molar-refractivity contribution in [1.82, 2.24) is 19.3 Å². The highest BCUT2D eigenvalue weighted by molar-refractivity contribution is 7.90. The van der Waals surface area contributed by atoms with Crippen molar-refractivity contribution in [3.63, 3.8) is 0 Å². The number of nitrogens with one attached hydrogen (secondary N) is 1. The van der Waals surface area contributed by atoms with Gasteiger partial charge < -0.3 is 0 Å². The zero-order chi connectivity index (χ0) is 16.6. The van der Waals surface area contributed by atoms with Gasteiger partial charge in [0.15, 0.2) is 5.65 Å². The van der Waals surface area contributed by atoms with Gasteiger partial charge in [-0.1, -0.05) is 0 Å². The van der Waals surface area contributed by atoms with Crippen LogP contribution in [-0.2, 0) is 10.0 Å². The Morgan fingerprint density at radius 3 is 2.61 bits per heavy atom. The molecule has 0 aliphatic carbocycles. The van der Waals surface area contributed by atoms with Crippen LogP contribution in [-0.4, -0.2) is 28.9 Å². The van der Waals surface area contributed by atoms with Crippen LogP contribution < -0.4 is 4.72 Å². The first kappa shape index (κ1) is 15.1. The van der Waals surface area contributed by atoms with Crippen LogP contribution in [0.2, 0.25) is 0 Å². The largest absolute Gasteiger partial charge is 0.270 e. The summed E-state index contributed by atoms with van der Waals surface area (Å²) >= 11 is 0. The third-order valence-corrected chi connectivity index (χ3v) is 4.45. The van der Waals surface area contributed by atoms with Crippen LogP contribution >= 0.6 is 0 Å². The molecule has 2 heterocycles. The third-order valence-electron chi connectivity index (χ3n) is 3.10. The van der Waals surface area contributed by atoms with Gasteiger partial charge in [0.05, 0.1) is 11.1 Å². The van der Waals surface area contributed by atoms with Crippen molar-refractivity contribution in [2.24, 2.45) is 0 Å². The van der Waals surface area contributed by atoms with Crippen LogP contribution in [0.15, 0.2) is 47.6 Å². The Morgan fingerprint density at radius 2 is 1.91 bits per heavy atom. The molecule has 1 amide bonds. The quantitative estimate of drug-likeness (QED) is 0.779. The lowest BCUT2D eigenvalue weighted by Crippen LogP contribution is -2.30. The first-order valence-electron chi connectivity index (χ1n) is 6.50. The zero-order valence-electron chi connectivity index (χ0n) is 11.9. The van der Waals surface area contributed by atoms with Crippen molar-refractivity contribution in [2.75, 3.05) is 0 Å². The molecule has 0 aliphatic rings. The second-order valence-corrected chi connectivity index (χ2v) is 6.47. The highest BCUT2D eigenvalue weighted by atomic mass is 32.2. The molecular weight excluding hydrogens is 323 g/mol. The number of amides is 1. The lowest BCUT2D eigenvalue weighted by atomic mass is 10.3. The smallest absolute Gasteiger partial charge is 0.268 e. The standard InChI is InChI=1S/C14H11FN4O3S/c1-9-6-7-19-13(17-9)12(8-16-19)14(20)18-23(21,22)11-4-2-10(15)3-5-11/h2-8H,1H3,(H,18,20). The molecule has 9 heteroatoms. The molecule has 118 valence electrons. The summed E-state index contributed by atoms with van der Waals surface area (Å²) in [6.45, 7) is 1.74. The maximum absolute atomic E-state index is 12.9. The van der Waals surface area contributed by atoms with E-state index in [-0.39, 0.29) is 16.1 Å². The van der Waals surface area contributed by atoms with Crippen molar-refractivity contribution < 1.29 is 17.6 Å². The summed E-state index contributed by atoms with van der Waals surface area (Å²) in [5, 5.41) is 3.94. The number of benzene rings is 1. The topological polar surface area (TPSA) is 93.4 Å². The van der Waals surface area contributed by atoms with E-state index in [9.17, 15) is 17.6 Å². The number of aryl methyl sites for hydroxylation is 1. The van der Waals surface area contributed by atoms with Crippen LogP contribution in [0, 0.1) is 12.7 Å². The number of halogens is 1. The predicted molar refractivity (Wildman–Crippen MR) is 78.8 cm³/mol. The lowest BCUT2D eigenvalue weighted by molar-refractivity contribution is 0.0983. The van der Waals surface area contributed by atoms with E-state index in [1.165, 1.54) is 10.7 Å². The minimum Gasteiger partial charge on any atom is -0.268 e. The van der Waals surface area contributed by atoms with Gasteiger partial charge in [-0.25, -0.2) is 27.0 Å². The van der Waals surface area contributed by atoms with E-state index in [4.69, 9.17) is 0 Å². The van der Waals surface area contributed by atoms with E-state index in [0.717, 1.165) is 24.3 Å². The summed E-state index contributed by atoms with van der Waals surface area (Å²) in [5.41, 5.74) is 0.935. The van der Waals surface area contributed by atoms with Crippen LogP contribution in [0.3, 0.4) is 0 Å². The molecule has 0 fully saturated rings. The fourth-order valence-corrected chi connectivity index (χ4v) is 2.94. The molecule has 3 rings (SSSR count). The van der Waals surface area contributed by atoms with Gasteiger partial charge in [-0.15, -0.1) is 0 Å². The van der Waals surface area contributed by atoms with Gasteiger partial charge in [-0.05, 0) is 37.3 Å². The molecule has 0 atom stereocenters. The van der Waals surface area contributed by atoms with E-state index < -0.39 is 21.7 Å².